The molecule has 2 atom stereocenters. The van der Waals surface area contributed by atoms with Crippen LogP contribution >= 0.6 is 0 Å². The number of benzene rings is 2. The molecule has 1 aliphatic heterocycles. The Morgan fingerprint density at radius 2 is 1.66 bits per heavy atom. The molecular formula is C40H50N4O6. The Bertz CT molecular complexity index is 1750. The van der Waals surface area contributed by atoms with E-state index in [1.165, 1.54) is 12.5 Å². The Hall–Kier alpha value is -4.83. The van der Waals surface area contributed by atoms with E-state index in [1.54, 1.807) is 33.5 Å². The van der Waals surface area contributed by atoms with Crippen molar-refractivity contribution in [2.75, 3.05) is 59.4 Å². The maximum absolute atomic E-state index is 14.0. The Balaban J connectivity index is 1.43. The first-order chi connectivity index (χ1) is 24.1. The molecule has 10 heteroatoms. The molecule has 10 nitrogen and oxygen atoms in total. The third kappa shape index (κ3) is 8.48. The van der Waals surface area contributed by atoms with Crippen molar-refractivity contribution >= 4 is 23.6 Å². The number of amides is 2. The van der Waals surface area contributed by atoms with E-state index in [4.69, 9.17) is 14.2 Å². The van der Waals surface area contributed by atoms with Gasteiger partial charge in [0, 0.05) is 45.2 Å². The summed E-state index contributed by atoms with van der Waals surface area (Å²) in [6.07, 6.45) is 6.03. The smallest absolute Gasteiger partial charge is 0.245 e. The van der Waals surface area contributed by atoms with Crippen LogP contribution in [0.1, 0.15) is 56.3 Å². The number of ether oxygens (including phenoxy) is 3. The van der Waals surface area contributed by atoms with Crippen molar-refractivity contribution in [1.29, 1.82) is 0 Å². The van der Waals surface area contributed by atoms with Gasteiger partial charge in [-0.3, -0.25) is 19.3 Å². The van der Waals surface area contributed by atoms with Gasteiger partial charge in [0.1, 0.15) is 6.04 Å². The average Bonchev–Trinajstić information content (AvgIpc) is 3.35. The number of carbonyl (C=O) groups excluding carboxylic acids is 2. The summed E-state index contributed by atoms with van der Waals surface area (Å²) >= 11 is 0. The molecule has 1 aliphatic carbocycles. The predicted molar refractivity (Wildman–Crippen MR) is 198 cm³/mol. The number of fused-ring (bicyclic) bond motifs is 3. The molecule has 0 aromatic heterocycles. The van der Waals surface area contributed by atoms with Crippen LogP contribution in [-0.4, -0.2) is 81.7 Å². The second-order valence-electron chi connectivity index (χ2n) is 13.4. The molecular weight excluding hydrogens is 632 g/mol. The molecule has 0 bridgehead atoms. The minimum absolute atomic E-state index is 0.00869. The van der Waals surface area contributed by atoms with E-state index in [0.29, 0.717) is 60.9 Å². The molecule has 2 amide bonds. The molecule has 1 heterocycles. The zero-order valence-electron chi connectivity index (χ0n) is 30.1. The van der Waals surface area contributed by atoms with E-state index in [9.17, 15) is 14.4 Å². The van der Waals surface area contributed by atoms with Gasteiger partial charge >= 0.3 is 0 Å². The van der Waals surface area contributed by atoms with Crippen molar-refractivity contribution in [2.45, 2.75) is 52.1 Å². The molecule has 3 aromatic rings. The Morgan fingerprint density at radius 3 is 2.30 bits per heavy atom. The first kappa shape index (κ1) is 36.5. The van der Waals surface area contributed by atoms with Crippen LogP contribution in [0.4, 0.5) is 5.69 Å². The summed E-state index contributed by atoms with van der Waals surface area (Å²) in [5.41, 5.74) is 4.37. The normalized spacial score (nSPS) is 16.6. The van der Waals surface area contributed by atoms with Gasteiger partial charge in [-0.2, -0.15) is 0 Å². The number of hydrogen-bond acceptors (Lipinski definition) is 8. The van der Waals surface area contributed by atoms with Crippen LogP contribution in [0.25, 0.3) is 17.2 Å². The highest BCUT2D eigenvalue weighted by Crippen LogP contribution is 2.50. The van der Waals surface area contributed by atoms with Crippen LogP contribution in [0, 0.1) is 5.92 Å². The van der Waals surface area contributed by atoms with Gasteiger partial charge in [-0.15, -0.1) is 0 Å². The van der Waals surface area contributed by atoms with E-state index in [1.807, 2.05) is 35.2 Å². The van der Waals surface area contributed by atoms with Crippen molar-refractivity contribution in [3.63, 3.8) is 0 Å². The minimum atomic E-state index is -0.577. The molecule has 3 aromatic carbocycles. The van der Waals surface area contributed by atoms with Crippen LogP contribution < -0.4 is 30.3 Å². The lowest BCUT2D eigenvalue weighted by Crippen LogP contribution is -2.53. The van der Waals surface area contributed by atoms with Crippen molar-refractivity contribution in [1.82, 2.24) is 15.1 Å². The lowest BCUT2D eigenvalue weighted by Gasteiger charge is -2.36. The van der Waals surface area contributed by atoms with Crippen LogP contribution in [0.5, 0.6) is 17.2 Å². The fraction of sp³-hybridized carbons (Fsp3) is 0.425. The zero-order valence-corrected chi connectivity index (χ0v) is 30.1. The molecule has 266 valence electrons. The second kappa shape index (κ2) is 16.7. The van der Waals surface area contributed by atoms with Gasteiger partial charge in [0.15, 0.2) is 11.5 Å². The summed E-state index contributed by atoms with van der Waals surface area (Å²) in [5, 5.41) is 6.41. The third-order valence-electron chi connectivity index (χ3n) is 9.41. The Kier molecular flexibility index (Phi) is 12.2. The maximum Gasteiger partial charge on any atom is 0.245 e. The van der Waals surface area contributed by atoms with Gasteiger partial charge < -0.3 is 29.7 Å². The lowest BCUT2D eigenvalue weighted by atomic mass is 9.95. The van der Waals surface area contributed by atoms with Crippen LogP contribution in [0.15, 0.2) is 65.5 Å². The maximum atomic E-state index is 14.0. The van der Waals surface area contributed by atoms with Crippen LogP contribution in [0.2, 0.25) is 0 Å². The fourth-order valence-corrected chi connectivity index (χ4v) is 6.98. The lowest BCUT2D eigenvalue weighted by molar-refractivity contribution is -0.134. The van der Waals surface area contributed by atoms with E-state index in [0.717, 1.165) is 36.3 Å². The SMILES string of the molecule is COc1cc2c(c(OC)c1OC)-c1ccc(N[C@H](CC(C)C)C(=O)N3CCN(C/C=C/c4ccccc4)CC3)c(=O)cc1[C@@H](NC(C)=O)CC2. The molecule has 0 radical (unpaired) electrons. The molecule has 0 unspecified atom stereocenters. The standard InChI is InChI=1S/C40H50N4O6/c1-26(2)23-34(40(47)44-21-19-43(20-22-44)18-10-13-28-11-8-7-9-12-28)42-33-17-15-30-31(25-35(33)46)32(41-27(3)45)16-14-29-24-36(48-4)38(49-5)39(50-6)37(29)30/h7-13,15,17,24-26,32,34H,14,16,18-23H2,1-6H3,(H,41,45)(H,42,46)/b13-10+/t32-,34+/m0/s1. The van der Waals surface area contributed by atoms with E-state index in [-0.39, 0.29) is 23.2 Å². The fourth-order valence-electron chi connectivity index (χ4n) is 6.98. The van der Waals surface area contributed by atoms with Crippen LogP contribution in [0.3, 0.4) is 0 Å². The molecule has 0 saturated carbocycles. The highest BCUT2D eigenvalue weighted by molar-refractivity contribution is 5.86. The third-order valence-corrected chi connectivity index (χ3v) is 9.41. The van der Waals surface area contributed by atoms with Gasteiger partial charge in [-0.1, -0.05) is 62.4 Å². The molecule has 5 rings (SSSR count). The van der Waals surface area contributed by atoms with Gasteiger partial charge in [-0.05, 0) is 65.6 Å². The van der Waals surface area contributed by atoms with Crippen molar-refractivity contribution in [3.8, 4) is 28.4 Å². The van der Waals surface area contributed by atoms with Crippen molar-refractivity contribution < 1.29 is 23.8 Å². The number of piperazine rings is 1. The molecule has 2 N–H and O–H groups in total. The number of aryl methyl sites for hydroxylation is 1. The van der Waals surface area contributed by atoms with E-state index < -0.39 is 12.1 Å². The monoisotopic (exact) mass is 682 g/mol. The Morgan fingerprint density at radius 1 is 0.940 bits per heavy atom. The van der Waals surface area contributed by atoms with E-state index in [2.05, 4.69) is 53.7 Å². The van der Waals surface area contributed by atoms with E-state index >= 15 is 0 Å². The van der Waals surface area contributed by atoms with Gasteiger partial charge in [0.25, 0.3) is 0 Å². The number of rotatable bonds is 12. The molecule has 1 fully saturated rings. The first-order valence-electron chi connectivity index (χ1n) is 17.4. The Labute approximate surface area is 295 Å². The van der Waals surface area contributed by atoms with Gasteiger partial charge in [-0.25, -0.2) is 0 Å². The summed E-state index contributed by atoms with van der Waals surface area (Å²) in [6, 6.07) is 16.4. The topological polar surface area (TPSA) is 109 Å². The summed E-state index contributed by atoms with van der Waals surface area (Å²) in [4.78, 5) is 44.6. The molecule has 1 saturated heterocycles. The van der Waals surface area contributed by atoms with Crippen molar-refractivity contribution in [3.05, 3.63) is 87.6 Å². The summed E-state index contributed by atoms with van der Waals surface area (Å²) in [7, 11) is 4.71. The van der Waals surface area contributed by atoms with Crippen molar-refractivity contribution in [2.24, 2.45) is 5.92 Å². The highest BCUT2D eigenvalue weighted by Gasteiger charge is 2.31. The second-order valence-corrected chi connectivity index (χ2v) is 13.4. The highest BCUT2D eigenvalue weighted by atomic mass is 16.5. The number of anilines is 1. The minimum Gasteiger partial charge on any atom is -0.493 e. The van der Waals surface area contributed by atoms with Crippen LogP contribution in [-0.2, 0) is 16.0 Å². The molecule has 0 spiro atoms. The number of methoxy groups -OCH3 is 3. The molecule has 50 heavy (non-hydrogen) atoms. The summed E-state index contributed by atoms with van der Waals surface area (Å²) < 4.78 is 17.3. The number of nitrogens with zero attached hydrogens (tertiary/aromatic N) is 2. The summed E-state index contributed by atoms with van der Waals surface area (Å²) in [6.45, 7) is 9.24. The first-order valence-corrected chi connectivity index (χ1v) is 17.4. The quantitative estimate of drug-likeness (QED) is 0.256. The zero-order chi connectivity index (χ0) is 35.8. The number of hydrogen-bond donors (Lipinski definition) is 2. The number of nitrogens with one attached hydrogen (secondary N) is 2. The van der Waals surface area contributed by atoms with Gasteiger partial charge in [0.2, 0.25) is 23.0 Å². The van der Waals surface area contributed by atoms with Gasteiger partial charge in [0.05, 0.1) is 33.1 Å². The predicted octanol–water partition coefficient (Wildman–Crippen LogP) is 5.55. The largest absolute Gasteiger partial charge is 0.493 e. The molecule has 2 aliphatic rings. The number of carbonyl (C=O) groups is 2. The summed E-state index contributed by atoms with van der Waals surface area (Å²) in [5.74, 6) is 1.48. The average molecular weight is 683 g/mol.